The van der Waals surface area contributed by atoms with Crippen molar-refractivity contribution in [1.82, 2.24) is 14.9 Å². The van der Waals surface area contributed by atoms with E-state index in [9.17, 15) is 18.4 Å². The third-order valence-electron chi connectivity index (χ3n) is 6.33. The molecule has 5 rings (SSSR count). The minimum Gasteiger partial charge on any atom is -0.369 e. The molecular weight excluding hydrogens is 450 g/mol. The SMILES string of the molecule is NC(=O)C1CCN(C(=O)c2ccc3nc(-c4ccc(F)cc4)c(-c4ccc(F)cc4)nc3c2)CC1. The molecule has 6 nitrogen and oxygen atoms in total. The van der Waals surface area contributed by atoms with Gasteiger partial charge in [0.05, 0.1) is 22.4 Å². The fraction of sp³-hybridized carbons (Fsp3) is 0.185. The van der Waals surface area contributed by atoms with E-state index in [1.807, 2.05) is 0 Å². The normalized spacial score (nSPS) is 14.3. The number of fused-ring (bicyclic) bond motifs is 1. The molecular formula is C27H22F2N4O2. The van der Waals surface area contributed by atoms with Crippen LogP contribution in [-0.4, -0.2) is 39.8 Å². The minimum absolute atomic E-state index is 0.150. The predicted octanol–water partition coefficient (Wildman–Crippen LogP) is 4.58. The Kier molecular flexibility index (Phi) is 5.94. The number of nitrogens with two attached hydrogens (primary N) is 1. The van der Waals surface area contributed by atoms with E-state index in [4.69, 9.17) is 15.7 Å². The molecule has 0 spiro atoms. The van der Waals surface area contributed by atoms with E-state index < -0.39 is 0 Å². The number of amides is 2. The summed E-state index contributed by atoms with van der Waals surface area (Å²) in [7, 11) is 0. The molecule has 0 atom stereocenters. The highest BCUT2D eigenvalue weighted by Gasteiger charge is 2.26. The van der Waals surface area contributed by atoms with Crippen LogP contribution in [0.4, 0.5) is 8.78 Å². The molecule has 0 unspecified atom stereocenters. The molecule has 0 aliphatic carbocycles. The molecule has 1 fully saturated rings. The fourth-order valence-corrected chi connectivity index (χ4v) is 4.36. The van der Waals surface area contributed by atoms with Crippen molar-refractivity contribution in [3.63, 3.8) is 0 Å². The van der Waals surface area contributed by atoms with Crippen LogP contribution in [0.25, 0.3) is 33.5 Å². The number of carbonyl (C=O) groups excluding carboxylic acids is 2. The highest BCUT2D eigenvalue weighted by Crippen LogP contribution is 2.32. The molecule has 0 saturated carbocycles. The lowest BCUT2D eigenvalue weighted by atomic mass is 9.96. The van der Waals surface area contributed by atoms with Gasteiger partial charge < -0.3 is 10.6 Å². The molecule has 2 N–H and O–H groups in total. The van der Waals surface area contributed by atoms with Crippen LogP contribution in [0.15, 0.2) is 66.7 Å². The Hall–Kier alpha value is -4.20. The Morgan fingerprint density at radius 2 is 1.29 bits per heavy atom. The molecule has 3 aromatic carbocycles. The van der Waals surface area contributed by atoms with E-state index in [1.165, 1.54) is 24.3 Å². The summed E-state index contributed by atoms with van der Waals surface area (Å²) in [6, 6.07) is 16.9. The van der Waals surface area contributed by atoms with Gasteiger partial charge in [0.15, 0.2) is 0 Å². The molecule has 1 aliphatic heterocycles. The van der Waals surface area contributed by atoms with Crippen LogP contribution in [0.2, 0.25) is 0 Å². The number of hydrogen-bond acceptors (Lipinski definition) is 4. The van der Waals surface area contributed by atoms with Gasteiger partial charge in [-0.05, 0) is 79.6 Å². The van der Waals surface area contributed by atoms with Gasteiger partial charge in [0.25, 0.3) is 5.91 Å². The van der Waals surface area contributed by atoms with Gasteiger partial charge in [0.2, 0.25) is 5.91 Å². The summed E-state index contributed by atoms with van der Waals surface area (Å²) in [5.41, 5.74) is 9.26. The largest absolute Gasteiger partial charge is 0.369 e. The number of aromatic nitrogens is 2. The maximum absolute atomic E-state index is 13.6. The highest BCUT2D eigenvalue weighted by atomic mass is 19.1. The second kappa shape index (κ2) is 9.21. The summed E-state index contributed by atoms with van der Waals surface area (Å²) in [6.07, 6.45) is 1.09. The van der Waals surface area contributed by atoms with E-state index in [0.29, 0.717) is 65.0 Å². The first-order valence-corrected chi connectivity index (χ1v) is 11.3. The monoisotopic (exact) mass is 472 g/mol. The van der Waals surface area contributed by atoms with E-state index in [-0.39, 0.29) is 29.4 Å². The summed E-state index contributed by atoms with van der Waals surface area (Å²) in [5.74, 6) is -1.43. The Morgan fingerprint density at radius 1 is 0.771 bits per heavy atom. The number of halogens is 2. The number of benzene rings is 3. The Balaban J connectivity index is 1.55. The van der Waals surface area contributed by atoms with Gasteiger partial charge in [-0.2, -0.15) is 0 Å². The molecule has 8 heteroatoms. The summed E-state index contributed by atoms with van der Waals surface area (Å²) in [5, 5.41) is 0. The zero-order valence-electron chi connectivity index (χ0n) is 18.7. The Bertz CT molecular complexity index is 1410. The number of likely N-dealkylation sites (tertiary alicyclic amines) is 1. The first-order chi connectivity index (χ1) is 16.9. The van der Waals surface area contributed by atoms with Crippen molar-refractivity contribution < 1.29 is 18.4 Å². The molecule has 0 radical (unpaired) electrons. The van der Waals surface area contributed by atoms with Crippen molar-refractivity contribution >= 4 is 22.8 Å². The first kappa shape index (κ1) is 22.6. The average molecular weight is 472 g/mol. The lowest BCUT2D eigenvalue weighted by Crippen LogP contribution is -2.41. The van der Waals surface area contributed by atoms with Gasteiger partial charge in [-0.1, -0.05) is 0 Å². The minimum atomic E-state index is -0.376. The lowest BCUT2D eigenvalue weighted by Gasteiger charge is -2.30. The van der Waals surface area contributed by atoms with Crippen molar-refractivity contribution in [3.8, 4) is 22.5 Å². The van der Waals surface area contributed by atoms with Crippen LogP contribution in [0.3, 0.4) is 0 Å². The van der Waals surface area contributed by atoms with E-state index >= 15 is 0 Å². The van der Waals surface area contributed by atoms with Crippen LogP contribution < -0.4 is 5.73 Å². The average Bonchev–Trinajstić information content (AvgIpc) is 2.88. The third-order valence-corrected chi connectivity index (χ3v) is 6.33. The molecule has 0 bridgehead atoms. The smallest absolute Gasteiger partial charge is 0.253 e. The Morgan fingerprint density at radius 3 is 1.80 bits per heavy atom. The van der Waals surface area contributed by atoms with Gasteiger partial charge in [-0.3, -0.25) is 9.59 Å². The highest BCUT2D eigenvalue weighted by molar-refractivity contribution is 5.98. The van der Waals surface area contributed by atoms with Crippen LogP contribution in [0, 0.1) is 17.6 Å². The summed E-state index contributed by atoms with van der Waals surface area (Å²) < 4.78 is 27.1. The van der Waals surface area contributed by atoms with Crippen molar-refractivity contribution in [2.75, 3.05) is 13.1 Å². The lowest BCUT2D eigenvalue weighted by molar-refractivity contribution is -0.123. The summed E-state index contributed by atoms with van der Waals surface area (Å²) in [4.78, 5) is 35.8. The number of carbonyl (C=O) groups is 2. The number of nitrogens with zero attached hydrogens (tertiary/aromatic N) is 3. The number of hydrogen-bond donors (Lipinski definition) is 1. The van der Waals surface area contributed by atoms with E-state index in [0.717, 1.165) is 0 Å². The topological polar surface area (TPSA) is 89.2 Å². The fourth-order valence-electron chi connectivity index (χ4n) is 4.36. The molecule has 2 heterocycles. The molecule has 176 valence electrons. The van der Waals surface area contributed by atoms with Gasteiger partial charge in [-0.25, -0.2) is 18.7 Å². The zero-order chi connectivity index (χ0) is 24.5. The van der Waals surface area contributed by atoms with Gasteiger partial charge in [0, 0.05) is 35.7 Å². The third kappa shape index (κ3) is 4.59. The quantitative estimate of drug-likeness (QED) is 0.471. The van der Waals surface area contributed by atoms with E-state index in [2.05, 4.69) is 0 Å². The second-order valence-corrected chi connectivity index (χ2v) is 8.61. The standard InChI is InChI=1S/C27H22F2N4O2/c28-20-6-1-16(2-7-20)24-25(17-3-8-21(29)9-4-17)32-23-15-19(5-10-22(23)31-24)27(35)33-13-11-18(12-14-33)26(30)34/h1-10,15,18H,11-14H2,(H2,30,34). The van der Waals surface area contributed by atoms with Crippen molar-refractivity contribution in [1.29, 1.82) is 0 Å². The predicted molar refractivity (Wildman–Crippen MR) is 128 cm³/mol. The first-order valence-electron chi connectivity index (χ1n) is 11.3. The van der Waals surface area contributed by atoms with Crippen LogP contribution in [0.1, 0.15) is 23.2 Å². The molecule has 35 heavy (non-hydrogen) atoms. The van der Waals surface area contributed by atoms with Crippen LogP contribution >= 0.6 is 0 Å². The molecule has 4 aromatic rings. The maximum atomic E-state index is 13.6. The van der Waals surface area contributed by atoms with Crippen LogP contribution in [0.5, 0.6) is 0 Å². The molecule has 1 aliphatic rings. The molecule has 2 amide bonds. The van der Waals surface area contributed by atoms with Gasteiger partial charge >= 0.3 is 0 Å². The van der Waals surface area contributed by atoms with Crippen LogP contribution in [-0.2, 0) is 4.79 Å². The van der Waals surface area contributed by atoms with Gasteiger partial charge in [-0.15, -0.1) is 0 Å². The number of piperidine rings is 1. The Labute approximate surface area is 200 Å². The van der Waals surface area contributed by atoms with Gasteiger partial charge in [0.1, 0.15) is 11.6 Å². The second-order valence-electron chi connectivity index (χ2n) is 8.61. The summed E-state index contributed by atoms with van der Waals surface area (Å²) in [6.45, 7) is 0.918. The zero-order valence-corrected chi connectivity index (χ0v) is 18.7. The maximum Gasteiger partial charge on any atom is 0.253 e. The number of rotatable bonds is 4. The molecule has 1 saturated heterocycles. The summed E-state index contributed by atoms with van der Waals surface area (Å²) >= 11 is 0. The van der Waals surface area contributed by atoms with Crippen molar-refractivity contribution in [2.45, 2.75) is 12.8 Å². The van der Waals surface area contributed by atoms with Crippen molar-refractivity contribution in [3.05, 3.63) is 83.9 Å². The molecule has 1 aromatic heterocycles. The van der Waals surface area contributed by atoms with Crippen molar-refractivity contribution in [2.24, 2.45) is 11.7 Å². The number of primary amides is 1. The van der Waals surface area contributed by atoms with E-state index in [1.54, 1.807) is 47.4 Å².